The van der Waals surface area contributed by atoms with E-state index in [4.69, 9.17) is 0 Å². The van der Waals surface area contributed by atoms with Gasteiger partial charge in [0.25, 0.3) is 0 Å². The summed E-state index contributed by atoms with van der Waals surface area (Å²) in [7, 11) is 0. The lowest BCUT2D eigenvalue weighted by Gasteiger charge is -1.95. The van der Waals surface area contributed by atoms with E-state index < -0.39 is 0 Å². The molecule has 0 atom stereocenters. The minimum absolute atomic E-state index is 0.134. The van der Waals surface area contributed by atoms with Crippen molar-refractivity contribution in [3.05, 3.63) is 63.1 Å². The standard InChI is InChI=1S/C15H11NOS2/c17-14(12-6-7-18-9-12)8-15-16-13(10-19-15)11-4-2-1-3-5-11/h1-7,9-10H,8H2. The number of thiophene rings is 1. The Morgan fingerprint density at radius 1 is 1.11 bits per heavy atom. The average Bonchev–Trinajstić information content (AvgIpc) is 3.11. The number of carbonyl (C=O) groups excluding carboxylic acids is 1. The van der Waals surface area contributed by atoms with E-state index in [2.05, 4.69) is 4.98 Å². The Balaban J connectivity index is 1.77. The molecule has 4 heteroatoms. The van der Waals surface area contributed by atoms with E-state index in [0.717, 1.165) is 21.8 Å². The molecule has 19 heavy (non-hydrogen) atoms. The van der Waals surface area contributed by atoms with Crippen molar-refractivity contribution in [1.29, 1.82) is 0 Å². The topological polar surface area (TPSA) is 30.0 Å². The SMILES string of the molecule is O=C(Cc1nc(-c2ccccc2)cs1)c1ccsc1. The summed E-state index contributed by atoms with van der Waals surface area (Å²) < 4.78 is 0. The van der Waals surface area contributed by atoms with Crippen LogP contribution in [-0.4, -0.2) is 10.8 Å². The maximum absolute atomic E-state index is 12.0. The predicted molar refractivity (Wildman–Crippen MR) is 79.9 cm³/mol. The number of thiazole rings is 1. The lowest BCUT2D eigenvalue weighted by atomic mass is 10.1. The van der Waals surface area contributed by atoms with Crippen molar-refractivity contribution in [2.45, 2.75) is 6.42 Å². The zero-order valence-electron chi connectivity index (χ0n) is 10.1. The van der Waals surface area contributed by atoms with E-state index in [1.807, 2.05) is 52.5 Å². The van der Waals surface area contributed by atoms with Crippen molar-refractivity contribution in [3.8, 4) is 11.3 Å². The molecule has 0 aliphatic carbocycles. The van der Waals surface area contributed by atoms with Gasteiger partial charge < -0.3 is 0 Å². The van der Waals surface area contributed by atoms with Gasteiger partial charge in [0.2, 0.25) is 0 Å². The fourth-order valence-electron chi connectivity index (χ4n) is 1.80. The minimum Gasteiger partial charge on any atom is -0.294 e. The van der Waals surface area contributed by atoms with Gasteiger partial charge in [-0.25, -0.2) is 4.98 Å². The number of Topliss-reactive ketones (excluding diaryl/α,β-unsaturated/α-hetero) is 1. The molecule has 0 bridgehead atoms. The molecule has 0 saturated carbocycles. The zero-order chi connectivity index (χ0) is 13.1. The van der Waals surface area contributed by atoms with Crippen LogP contribution in [-0.2, 0) is 6.42 Å². The molecule has 2 nitrogen and oxygen atoms in total. The van der Waals surface area contributed by atoms with Crippen molar-refractivity contribution >= 4 is 28.5 Å². The molecule has 0 aliphatic rings. The number of aromatic nitrogens is 1. The Morgan fingerprint density at radius 3 is 2.68 bits per heavy atom. The molecule has 3 aromatic rings. The Labute approximate surface area is 119 Å². The molecule has 2 heterocycles. The van der Waals surface area contributed by atoms with Crippen LogP contribution in [0.5, 0.6) is 0 Å². The molecule has 94 valence electrons. The van der Waals surface area contributed by atoms with E-state index >= 15 is 0 Å². The quantitative estimate of drug-likeness (QED) is 0.669. The summed E-state index contributed by atoms with van der Waals surface area (Å²) in [5.41, 5.74) is 2.81. The first-order chi connectivity index (χ1) is 9.33. The highest BCUT2D eigenvalue weighted by atomic mass is 32.1. The van der Waals surface area contributed by atoms with E-state index in [9.17, 15) is 4.79 Å². The third-order valence-corrected chi connectivity index (χ3v) is 4.31. The Hall–Kier alpha value is -1.78. The van der Waals surface area contributed by atoms with Crippen molar-refractivity contribution in [2.75, 3.05) is 0 Å². The molecule has 0 saturated heterocycles. The van der Waals surface area contributed by atoms with Crippen LogP contribution < -0.4 is 0 Å². The molecule has 0 aliphatic heterocycles. The normalized spacial score (nSPS) is 10.5. The molecule has 0 spiro atoms. The van der Waals surface area contributed by atoms with Crippen LogP contribution in [0.25, 0.3) is 11.3 Å². The van der Waals surface area contributed by atoms with Gasteiger partial charge in [0.05, 0.1) is 12.1 Å². The fraction of sp³-hybridized carbons (Fsp3) is 0.0667. The van der Waals surface area contributed by atoms with Gasteiger partial charge in [0.1, 0.15) is 5.01 Å². The van der Waals surface area contributed by atoms with Crippen molar-refractivity contribution in [2.24, 2.45) is 0 Å². The highest BCUT2D eigenvalue weighted by Crippen LogP contribution is 2.22. The van der Waals surface area contributed by atoms with Crippen molar-refractivity contribution in [3.63, 3.8) is 0 Å². The maximum atomic E-state index is 12.0. The lowest BCUT2D eigenvalue weighted by Crippen LogP contribution is -2.01. The maximum Gasteiger partial charge on any atom is 0.170 e. The summed E-state index contributed by atoms with van der Waals surface area (Å²) in [5, 5.41) is 6.68. The first-order valence-electron chi connectivity index (χ1n) is 5.88. The summed E-state index contributed by atoms with van der Waals surface area (Å²) in [6.07, 6.45) is 0.383. The third-order valence-electron chi connectivity index (χ3n) is 2.78. The second-order valence-electron chi connectivity index (χ2n) is 4.10. The van der Waals surface area contributed by atoms with Gasteiger partial charge in [-0.3, -0.25) is 4.79 Å². The van der Waals surface area contributed by atoms with Crippen LogP contribution in [0.3, 0.4) is 0 Å². The predicted octanol–water partition coefficient (Wildman–Crippen LogP) is 4.30. The molecule has 1 aromatic carbocycles. The van der Waals surface area contributed by atoms with E-state index in [-0.39, 0.29) is 5.78 Å². The van der Waals surface area contributed by atoms with Crippen LogP contribution in [0.1, 0.15) is 15.4 Å². The minimum atomic E-state index is 0.134. The second-order valence-corrected chi connectivity index (χ2v) is 5.83. The van der Waals surface area contributed by atoms with E-state index in [0.29, 0.717) is 6.42 Å². The number of nitrogens with zero attached hydrogens (tertiary/aromatic N) is 1. The summed E-state index contributed by atoms with van der Waals surface area (Å²) in [6.45, 7) is 0. The number of hydrogen-bond acceptors (Lipinski definition) is 4. The highest BCUT2D eigenvalue weighted by Gasteiger charge is 2.11. The number of rotatable bonds is 4. The van der Waals surface area contributed by atoms with Crippen molar-refractivity contribution < 1.29 is 4.79 Å². The van der Waals surface area contributed by atoms with Crippen LogP contribution in [0.4, 0.5) is 0 Å². The van der Waals surface area contributed by atoms with Crippen LogP contribution in [0.15, 0.2) is 52.5 Å². The molecule has 0 radical (unpaired) electrons. The first kappa shape index (κ1) is 12.3. The van der Waals surface area contributed by atoms with Gasteiger partial charge in [-0.05, 0) is 11.4 Å². The zero-order valence-corrected chi connectivity index (χ0v) is 11.7. The molecule has 0 amide bonds. The first-order valence-corrected chi connectivity index (χ1v) is 7.70. The lowest BCUT2D eigenvalue weighted by molar-refractivity contribution is 0.0993. The van der Waals surface area contributed by atoms with Gasteiger partial charge >= 0.3 is 0 Å². The third kappa shape index (κ3) is 2.80. The molecule has 0 fully saturated rings. The smallest absolute Gasteiger partial charge is 0.170 e. The molecule has 2 aromatic heterocycles. The summed E-state index contributed by atoms with van der Waals surface area (Å²) >= 11 is 3.08. The van der Waals surface area contributed by atoms with Crippen LogP contribution in [0.2, 0.25) is 0 Å². The number of hydrogen-bond donors (Lipinski definition) is 0. The highest BCUT2D eigenvalue weighted by molar-refractivity contribution is 7.10. The summed E-state index contributed by atoms with van der Waals surface area (Å²) in [5.74, 6) is 0.134. The van der Waals surface area contributed by atoms with Crippen molar-refractivity contribution in [1.82, 2.24) is 4.98 Å². The number of carbonyl (C=O) groups is 1. The molecular weight excluding hydrogens is 274 g/mol. The second kappa shape index (κ2) is 5.47. The van der Waals surface area contributed by atoms with Gasteiger partial charge in [0, 0.05) is 21.9 Å². The van der Waals surface area contributed by atoms with Gasteiger partial charge in [-0.2, -0.15) is 11.3 Å². The number of ketones is 1. The largest absolute Gasteiger partial charge is 0.294 e. The molecule has 3 rings (SSSR count). The summed E-state index contributed by atoms with van der Waals surface area (Å²) in [6, 6.07) is 11.9. The molecular formula is C15H11NOS2. The average molecular weight is 285 g/mol. The Morgan fingerprint density at radius 2 is 1.95 bits per heavy atom. The van der Waals surface area contributed by atoms with Gasteiger partial charge in [0.15, 0.2) is 5.78 Å². The monoisotopic (exact) mass is 285 g/mol. The fourth-order valence-corrected chi connectivity index (χ4v) is 3.26. The molecule has 0 N–H and O–H groups in total. The van der Waals surface area contributed by atoms with Crippen LogP contribution >= 0.6 is 22.7 Å². The Bertz CT molecular complexity index is 671. The van der Waals surface area contributed by atoms with E-state index in [1.165, 1.54) is 0 Å². The summed E-state index contributed by atoms with van der Waals surface area (Å²) in [4.78, 5) is 16.5. The van der Waals surface area contributed by atoms with Gasteiger partial charge in [-0.1, -0.05) is 30.3 Å². The van der Waals surface area contributed by atoms with Gasteiger partial charge in [-0.15, -0.1) is 11.3 Å². The number of benzene rings is 1. The van der Waals surface area contributed by atoms with E-state index in [1.54, 1.807) is 22.7 Å². The van der Waals surface area contributed by atoms with Crippen LogP contribution in [0, 0.1) is 0 Å². The Kier molecular flexibility index (Phi) is 3.53. The molecule has 0 unspecified atom stereocenters.